The van der Waals surface area contributed by atoms with Crippen LogP contribution >= 0.6 is 11.6 Å². The van der Waals surface area contributed by atoms with E-state index in [0.717, 1.165) is 23.3 Å². The number of hydrazine groups is 1. The van der Waals surface area contributed by atoms with E-state index < -0.39 is 24.2 Å². The van der Waals surface area contributed by atoms with Gasteiger partial charge in [-0.25, -0.2) is 4.39 Å². The number of halogens is 2. The second-order valence-corrected chi connectivity index (χ2v) is 5.98. The molecule has 0 fully saturated rings. The smallest absolute Gasteiger partial charge is 0.276 e. The standard InChI is InChI=1S/C18H18ClFN2O4/c1-11-5-12(2)7-14(6-11)25-9-17(23)21-22-18(24)10-26-16-4-3-13(20)8-15(16)19/h3-8H,9-10H2,1-2H3,(H,21,23)(H,22,24). The van der Waals surface area contributed by atoms with Gasteiger partial charge in [0.25, 0.3) is 11.8 Å². The first-order valence-electron chi connectivity index (χ1n) is 7.70. The van der Waals surface area contributed by atoms with Gasteiger partial charge in [-0.2, -0.15) is 0 Å². The van der Waals surface area contributed by atoms with Gasteiger partial charge in [0.1, 0.15) is 17.3 Å². The van der Waals surface area contributed by atoms with Gasteiger partial charge in [-0.05, 0) is 55.3 Å². The number of hydrogen-bond acceptors (Lipinski definition) is 4. The van der Waals surface area contributed by atoms with Gasteiger partial charge in [-0.3, -0.25) is 20.4 Å². The highest BCUT2D eigenvalue weighted by Gasteiger charge is 2.09. The Morgan fingerprint density at radius 1 is 0.962 bits per heavy atom. The van der Waals surface area contributed by atoms with Crippen molar-refractivity contribution in [3.8, 4) is 11.5 Å². The third-order valence-electron chi connectivity index (χ3n) is 3.16. The summed E-state index contributed by atoms with van der Waals surface area (Å²) in [5, 5.41) is 0.0451. The summed E-state index contributed by atoms with van der Waals surface area (Å²) in [6.45, 7) is 3.19. The summed E-state index contributed by atoms with van der Waals surface area (Å²) in [4.78, 5) is 23.4. The number of carbonyl (C=O) groups excluding carboxylic acids is 2. The molecular formula is C18H18ClFN2O4. The zero-order valence-electron chi connectivity index (χ0n) is 14.3. The van der Waals surface area contributed by atoms with Crippen molar-refractivity contribution in [2.75, 3.05) is 13.2 Å². The van der Waals surface area contributed by atoms with Crippen LogP contribution in [0.25, 0.3) is 0 Å². The molecule has 26 heavy (non-hydrogen) atoms. The molecule has 0 aromatic heterocycles. The first kappa shape index (κ1) is 19.5. The van der Waals surface area contributed by atoms with E-state index in [1.807, 2.05) is 19.9 Å². The van der Waals surface area contributed by atoms with Crippen molar-refractivity contribution in [3.63, 3.8) is 0 Å². The molecule has 0 heterocycles. The molecule has 0 spiro atoms. The van der Waals surface area contributed by atoms with Crippen LogP contribution in [0.1, 0.15) is 11.1 Å². The molecule has 2 aromatic carbocycles. The lowest BCUT2D eigenvalue weighted by molar-refractivity contribution is -0.131. The summed E-state index contributed by atoms with van der Waals surface area (Å²) in [6.07, 6.45) is 0. The Hall–Kier alpha value is -2.80. The third-order valence-corrected chi connectivity index (χ3v) is 3.45. The van der Waals surface area contributed by atoms with Crippen molar-refractivity contribution in [2.45, 2.75) is 13.8 Å². The van der Waals surface area contributed by atoms with Crippen LogP contribution < -0.4 is 20.3 Å². The predicted molar refractivity (Wildman–Crippen MR) is 94.6 cm³/mol. The molecule has 2 N–H and O–H groups in total. The van der Waals surface area contributed by atoms with E-state index in [9.17, 15) is 14.0 Å². The van der Waals surface area contributed by atoms with Crippen molar-refractivity contribution in [2.24, 2.45) is 0 Å². The van der Waals surface area contributed by atoms with Crippen molar-refractivity contribution in [1.82, 2.24) is 10.9 Å². The summed E-state index contributed by atoms with van der Waals surface area (Å²) >= 11 is 5.78. The molecule has 0 atom stereocenters. The van der Waals surface area contributed by atoms with Crippen molar-refractivity contribution < 1.29 is 23.5 Å². The first-order chi connectivity index (χ1) is 12.3. The Labute approximate surface area is 155 Å². The molecule has 2 amide bonds. The van der Waals surface area contributed by atoms with Gasteiger partial charge >= 0.3 is 0 Å². The maximum atomic E-state index is 12.9. The molecule has 2 aromatic rings. The van der Waals surface area contributed by atoms with E-state index in [1.165, 1.54) is 6.07 Å². The molecule has 8 heteroatoms. The summed E-state index contributed by atoms with van der Waals surface area (Å²) in [7, 11) is 0. The van der Waals surface area contributed by atoms with E-state index in [1.54, 1.807) is 12.1 Å². The first-order valence-corrected chi connectivity index (χ1v) is 8.08. The van der Waals surface area contributed by atoms with Crippen LogP contribution in [0, 0.1) is 19.7 Å². The molecule has 0 unspecified atom stereocenters. The Balaban J connectivity index is 1.72. The number of amides is 2. The molecule has 2 rings (SSSR count). The second kappa shape index (κ2) is 9.05. The largest absolute Gasteiger partial charge is 0.484 e. The molecule has 0 aliphatic carbocycles. The highest BCUT2D eigenvalue weighted by atomic mass is 35.5. The van der Waals surface area contributed by atoms with Gasteiger partial charge < -0.3 is 9.47 Å². The normalized spacial score (nSPS) is 10.2. The van der Waals surface area contributed by atoms with E-state index >= 15 is 0 Å². The lowest BCUT2D eigenvalue weighted by atomic mass is 10.1. The van der Waals surface area contributed by atoms with E-state index in [0.29, 0.717) is 5.75 Å². The fourth-order valence-electron chi connectivity index (χ4n) is 2.11. The van der Waals surface area contributed by atoms with Crippen molar-refractivity contribution >= 4 is 23.4 Å². The number of nitrogens with one attached hydrogen (secondary N) is 2. The summed E-state index contributed by atoms with van der Waals surface area (Å²) in [5.74, 6) is -0.920. The molecule has 0 aliphatic heterocycles. The van der Waals surface area contributed by atoms with E-state index in [-0.39, 0.29) is 17.4 Å². The van der Waals surface area contributed by atoms with E-state index in [2.05, 4.69) is 10.9 Å². The average molecular weight is 381 g/mol. The topological polar surface area (TPSA) is 76.7 Å². The van der Waals surface area contributed by atoms with Crippen LogP contribution in [0.3, 0.4) is 0 Å². The Kier molecular flexibility index (Phi) is 6.80. The van der Waals surface area contributed by atoms with Gasteiger partial charge in [0, 0.05) is 0 Å². The zero-order valence-corrected chi connectivity index (χ0v) is 15.0. The van der Waals surface area contributed by atoms with E-state index in [4.69, 9.17) is 21.1 Å². The van der Waals surface area contributed by atoms with Crippen LogP contribution in [0.5, 0.6) is 11.5 Å². The van der Waals surface area contributed by atoms with Crippen molar-refractivity contribution in [1.29, 1.82) is 0 Å². The number of carbonyl (C=O) groups is 2. The molecule has 0 bridgehead atoms. The number of aryl methyl sites for hydroxylation is 2. The zero-order chi connectivity index (χ0) is 19.1. The van der Waals surface area contributed by atoms with Gasteiger partial charge in [0.05, 0.1) is 5.02 Å². The SMILES string of the molecule is Cc1cc(C)cc(OCC(=O)NNC(=O)COc2ccc(F)cc2Cl)c1. The van der Waals surface area contributed by atoms with Gasteiger partial charge in [0.2, 0.25) is 0 Å². The van der Waals surface area contributed by atoms with Gasteiger partial charge in [-0.15, -0.1) is 0 Å². The fourth-order valence-corrected chi connectivity index (χ4v) is 2.33. The maximum absolute atomic E-state index is 12.9. The minimum atomic E-state index is -0.606. The molecule has 138 valence electrons. The lowest BCUT2D eigenvalue weighted by Crippen LogP contribution is -2.45. The predicted octanol–water partition coefficient (Wildman–Crippen LogP) is 2.70. The minimum absolute atomic E-state index is 0.0451. The number of hydrogen-bond donors (Lipinski definition) is 2. The van der Waals surface area contributed by atoms with Crippen LogP contribution in [0.4, 0.5) is 4.39 Å². The van der Waals surface area contributed by atoms with Crippen LogP contribution in [-0.4, -0.2) is 25.0 Å². The van der Waals surface area contributed by atoms with Gasteiger partial charge in [-0.1, -0.05) is 17.7 Å². The molecule has 0 saturated heterocycles. The average Bonchev–Trinajstić information content (AvgIpc) is 2.56. The minimum Gasteiger partial charge on any atom is -0.484 e. The quantitative estimate of drug-likeness (QED) is 0.755. The number of rotatable bonds is 6. The monoisotopic (exact) mass is 380 g/mol. The summed E-state index contributed by atoms with van der Waals surface area (Å²) < 4.78 is 23.4. The highest BCUT2D eigenvalue weighted by Crippen LogP contribution is 2.24. The van der Waals surface area contributed by atoms with Crippen LogP contribution in [0.15, 0.2) is 36.4 Å². The summed E-state index contributed by atoms with van der Waals surface area (Å²) in [5.41, 5.74) is 6.42. The second-order valence-electron chi connectivity index (χ2n) is 5.57. The fraction of sp³-hybridized carbons (Fsp3) is 0.222. The van der Waals surface area contributed by atoms with Gasteiger partial charge in [0.15, 0.2) is 13.2 Å². The molecule has 0 saturated carbocycles. The number of benzene rings is 2. The Bertz CT molecular complexity index is 794. The highest BCUT2D eigenvalue weighted by molar-refractivity contribution is 6.32. The Morgan fingerprint density at radius 2 is 1.54 bits per heavy atom. The molecule has 0 aliphatic rings. The molecule has 0 radical (unpaired) electrons. The Morgan fingerprint density at radius 3 is 2.12 bits per heavy atom. The van der Waals surface area contributed by atoms with Crippen LogP contribution in [0.2, 0.25) is 5.02 Å². The maximum Gasteiger partial charge on any atom is 0.276 e. The number of ether oxygens (including phenoxy) is 2. The lowest BCUT2D eigenvalue weighted by Gasteiger charge is -2.11. The third kappa shape index (κ3) is 6.25. The summed E-state index contributed by atoms with van der Waals surface area (Å²) in [6, 6.07) is 9.13. The molecule has 6 nitrogen and oxygen atoms in total. The van der Waals surface area contributed by atoms with Crippen molar-refractivity contribution in [3.05, 3.63) is 58.4 Å². The van der Waals surface area contributed by atoms with Crippen LogP contribution in [-0.2, 0) is 9.59 Å². The molecular weight excluding hydrogens is 363 g/mol.